The van der Waals surface area contributed by atoms with Crippen molar-refractivity contribution in [3.63, 3.8) is 0 Å². The number of aliphatic imine (C=N–C) groups is 1. The Bertz CT molecular complexity index is 2310. The maximum atomic E-state index is 15.5. The summed E-state index contributed by atoms with van der Waals surface area (Å²) in [5.74, 6) is 0.619. The van der Waals surface area contributed by atoms with Gasteiger partial charge in [0, 0.05) is 62.1 Å². The Balaban J connectivity index is 1.30. The summed E-state index contributed by atoms with van der Waals surface area (Å²) in [4.78, 5) is 43.2. The molecule has 8 aliphatic rings. The van der Waals surface area contributed by atoms with Crippen LogP contribution in [0.25, 0.3) is 6.08 Å². The summed E-state index contributed by atoms with van der Waals surface area (Å²) in [6.07, 6.45) is 15.1. The first kappa shape index (κ1) is 41.7. The molecule has 1 spiro atoms. The maximum Gasteiger partial charge on any atom is 0.333 e. The smallest absolute Gasteiger partial charge is 0.333 e. The molecule has 6 heterocycles. The summed E-state index contributed by atoms with van der Waals surface area (Å²) in [5.41, 5.74) is 1.96. The van der Waals surface area contributed by atoms with E-state index >= 15 is 4.79 Å². The highest BCUT2D eigenvalue weighted by Crippen LogP contribution is 2.73. The number of likely N-dealkylation sites (N-methyl/N-ethyl adjacent to an activating group) is 1. The zero-order valence-electron chi connectivity index (χ0n) is 37.6. The summed E-state index contributed by atoms with van der Waals surface area (Å²) in [6.45, 7) is 21.6. The van der Waals surface area contributed by atoms with Gasteiger partial charge in [-0.1, -0.05) is 29.4 Å². The summed E-state index contributed by atoms with van der Waals surface area (Å²) >= 11 is 0. The minimum absolute atomic E-state index is 0.0512. The first-order chi connectivity index (χ1) is 29.0. The van der Waals surface area contributed by atoms with Gasteiger partial charge in [-0.25, -0.2) is 14.5 Å². The van der Waals surface area contributed by atoms with Crippen LogP contribution in [0.4, 0.5) is 5.95 Å². The maximum absolute atomic E-state index is 15.5. The lowest BCUT2D eigenvalue weighted by molar-refractivity contribution is -0.206. The minimum Gasteiger partial charge on any atom is -0.491 e. The van der Waals surface area contributed by atoms with Gasteiger partial charge in [0.2, 0.25) is 0 Å². The van der Waals surface area contributed by atoms with Crippen LogP contribution >= 0.6 is 0 Å². The summed E-state index contributed by atoms with van der Waals surface area (Å²) in [6, 6.07) is -0.434. The molecular formula is C48H62N6O7. The van der Waals surface area contributed by atoms with E-state index in [0.717, 1.165) is 73.5 Å². The normalized spacial score (nSPS) is 31.5. The molecule has 0 radical (unpaired) electrons. The Labute approximate surface area is 359 Å². The first-order valence-corrected chi connectivity index (χ1v) is 22.1. The standard InChI is InChI=1S/C48H62N6O7/c1-28(2)12-11-17-46(8)18-16-32-39(59-46)31(14-13-29(3)4)41-35(40(32)58-25-24-53-22-20-52(9)21-23-53)37-36-38(54-27-49-44(50-37)51-54)33-26-34-45(6,7)61-47(42(33)55,48(34,36)60-41)19-15-30(5)43(56)57-10/h12-13,15-16,18,27,33-34,36,38H,11,14,17,19-26H2,1-10H3. The molecule has 1 aromatic carbocycles. The number of esters is 1. The fourth-order valence-electron chi connectivity index (χ4n) is 11.5. The predicted molar refractivity (Wildman–Crippen MR) is 233 cm³/mol. The number of Topliss-reactive ketones (excluding diaryl/α,β-unsaturated/α-hetero) is 1. The van der Waals surface area contributed by atoms with Gasteiger partial charge in [0.25, 0.3) is 5.95 Å². The van der Waals surface area contributed by atoms with Gasteiger partial charge in [0.05, 0.1) is 41.5 Å². The number of methoxy groups -OCH3 is 1. The van der Waals surface area contributed by atoms with Crippen molar-refractivity contribution in [2.75, 3.05) is 53.5 Å². The largest absolute Gasteiger partial charge is 0.491 e. The van der Waals surface area contributed by atoms with Crippen LogP contribution in [-0.2, 0) is 25.5 Å². The van der Waals surface area contributed by atoms with Gasteiger partial charge in [-0.3, -0.25) is 9.69 Å². The molecular weight excluding hydrogens is 773 g/mol. The number of piperazine rings is 1. The molecule has 7 atom stereocenters. The fourth-order valence-corrected chi connectivity index (χ4v) is 11.5. The van der Waals surface area contributed by atoms with E-state index in [2.05, 4.69) is 94.6 Å². The van der Waals surface area contributed by atoms with Crippen LogP contribution in [0.15, 0.2) is 52.3 Å². The quantitative estimate of drug-likeness (QED) is 0.124. The second kappa shape index (κ2) is 15.0. The molecule has 0 N–H and O–H groups in total. The van der Waals surface area contributed by atoms with Crippen molar-refractivity contribution in [3.05, 3.63) is 64.0 Å². The third-order valence-electron chi connectivity index (χ3n) is 14.5. The van der Waals surface area contributed by atoms with E-state index in [1.165, 1.54) is 12.7 Å². The van der Waals surface area contributed by atoms with E-state index in [1.54, 1.807) is 19.3 Å². The second-order valence-corrected chi connectivity index (χ2v) is 19.6. The van der Waals surface area contributed by atoms with E-state index in [1.807, 2.05) is 4.68 Å². The second-order valence-electron chi connectivity index (χ2n) is 19.6. The third-order valence-corrected chi connectivity index (χ3v) is 14.5. The van der Waals surface area contributed by atoms with Gasteiger partial charge in [-0.15, -0.1) is 5.10 Å². The molecule has 7 unspecified atom stereocenters. The number of carbonyl (C=O) groups is 2. The number of ketones is 1. The van der Waals surface area contributed by atoms with Gasteiger partial charge in [0.15, 0.2) is 17.0 Å². The first-order valence-electron chi connectivity index (χ1n) is 22.1. The molecule has 1 aromatic heterocycles. The summed E-state index contributed by atoms with van der Waals surface area (Å²) < 4.78 is 36.5. The molecule has 10 rings (SSSR count). The van der Waals surface area contributed by atoms with E-state index in [0.29, 0.717) is 48.2 Å². The number of ether oxygens (including phenoxy) is 5. The van der Waals surface area contributed by atoms with Crippen LogP contribution in [0.1, 0.15) is 104 Å². The Hall–Kier alpha value is -4.59. The molecule has 3 saturated carbocycles. The minimum atomic E-state index is -1.46. The number of rotatable bonds is 12. The SMILES string of the molecule is COC(=O)C(C)=CCC12OC(C)(C)C3CC(C1=O)C1C4C(=Nc5ncn1n5)c1c(OCCN5CCN(C)CC5)c5c(c(CC=C(C)C)c1OC432)OC(C)(CCC=C(C)C)C=C5. The molecule has 61 heavy (non-hydrogen) atoms. The highest BCUT2D eigenvalue weighted by Gasteiger charge is 2.85. The van der Waals surface area contributed by atoms with Crippen LogP contribution in [0.2, 0.25) is 0 Å². The van der Waals surface area contributed by atoms with Crippen LogP contribution in [0, 0.1) is 17.8 Å². The molecule has 2 saturated heterocycles. The van der Waals surface area contributed by atoms with Crippen LogP contribution in [0.3, 0.4) is 0 Å². The Morgan fingerprint density at radius 2 is 1.75 bits per heavy atom. The number of fused-ring (bicyclic) bond motifs is 5. The summed E-state index contributed by atoms with van der Waals surface area (Å²) in [7, 11) is 3.53. The lowest BCUT2D eigenvalue weighted by atomic mass is 9.44. The molecule has 2 aromatic rings. The Morgan fingerprint density at radius 1 is 1.00 bits per heavy atom. The van der Waals surface area contributed by atoms with Crippen molar-refractivity contribution < 1.29 is 33.3 Å². The van der Waals surface area contributed by atoms with Gasteiger partial charge < -0.3 is 28.6 Å². The van der Waals surface area contributed by atoms with Crippen LogP contribution in [0.5, 0.6) is 17.2 Å². The monoisotopic (exact) mass is 834 g/mol. The number of aromatic nitrogens is 3. The van der Waals surface area contributed by atoms with E-state index in [9.17, 15) is 4.79 Å². The third kappa shape index (κ3) is 6.54. The van der Waals surface area contributed by atoms with Crippen LogP contribution < -0.4 is 14.2 Å². The summed E-state index contributed by atoms with van der Waals surface area (Å²) in [5, 5.41) is 4.90. The van der Waals surface area contributed by atoms with E-state index in [4.69, 9.17) is 33.8 Å². The van der Waals surface area contributed by atoms with Gasteiger partial charge >= 0.3 is 5.97 Å². The van der Waals surface area contributed by atoms with Crippen molar-refractivity contribution in [3.8, 4) is 17.2 Å². The number of carbonyl (C=O) groups excluding carboxylic acids is 2. The molecule has 326 valence electrons. The average molecular weight is 835 g/mol. The van der Waals surface area contributed by atoms with Crippen molar-refractivity contribution >= 4 is 29.5 Å². The van der Waals surface area contributed by atoms with Crippen molar-refractivity contribution in [1.82, 2.24) is 24.6 Å². The molecule has 5 aliphatic heterocycles. The number of nitrogens with zero attached hydrogens (tertiary/aromatic N) is 6. The molecule has 6 bridgehead atoms. The predicted octanol–water partition coefficient (Wildman–Crippen LogP) is 7.02. The number of hydrogen-bond donors (Lipinski definition) is 0. The van der Waals surface area contributed by atoms with Gasteiger partial charge in [-0.2, -0.15) is 4.98 Å². The fraction of sp³-hybridized carbons (Fsp3) is 0.604. The van der Waals surface area contributed by atoms with Crippen molar-refractivity contribution in [2.24, 2.45) is 22.7 Å². The molecule has 5 fully saturated rings. The number of benzene rings is 1. The zero-order valence-corrected chi connectivity index (χ0v) is 37.6. The topological polar surface area (TPSA) is 130 Å². The molecule has 13 nitrogen and oxygen atoms in total. The van der Waals surface area contributed by atoms with Gasteiger partial charge in [-0.05, 0) is 100 Å². The van der Waals surface area contributed by atoms with Crippen molar-refractivity contribution in [1.29, 1.82) is 0 Å². The average Bonchev–Trinajstić information content (AvgIpc) is 3.66. The van der Waals surface area contributed by atoms with E-state index < -0.39 is 46.3 Å². The number of allylic oxidation sites excluding steroid dienone is 4. The molecule has 0 amide bonds. The lowest BCUT2D eigenvalue weighted by Crippen LogP contribution is -2.78. The zero-order chi connectivity index (χ0) is 43.2. The lowest BCUT2D eigenvalue weighted by Gasteiger charge is -2.63. The number of hydrogen-bond acceptors (Lipinski definition) is 12. The van der Waals surface area contributed by atoms with Crippen molar-refractivity contribution in [2.45, 2.75) is 116 Å². The molecule has 3 aliphatic carbocycles. The highest BCUT2D eigenvalue weighted by molar-refractivity contribution is 6.14. The van der Waals surface area contributed by atoms with Gasteiger partial charge in [0.1, 0.15) is 35.8 Å². The molecule has 13 heteroatoms. The Morgan fingerprint density at radius 3 is 2.48 bits per heavy atom. The van der Waals surface area contributed by atoms with E-state index in [-0.39, 0.29) is 18.1 Å². The van der Waals surface area contributed by atoms with Crippen LogP contribution in [-0.4, -0.2) is 118 Å². The Kier molecular flexibility index (Phi) is 10.3. The highest BCUT2D eigenvalue weighted by atomic mass is 16.6.